The van der Waals surface area contributed by atoms with Gasteiger partial charge in [0.2, 0.25) is 11.8 Å². The Bertz CT molecular complexity index is 573. The maximum Gasteiger partial charge on any atom is 0.226 e. The van der Waals surface area contributed by atoms with Crippen LogP contribution in [0, 0.1) is 12.8 Å². The number of aromatic amines is 1. The lowest BCUT2D eigenvalue weighted by Crippen LogP contribution is -2.48. The average Bonchev–Trinajstić information content (AvgIpc) is 2.96. The molecule has 3 rings (SSSR count). The van der Waals surface area contributed by atoms with Crippen molar-refractivity contribution in [1.29, 1.82) is 0 Å². The van der Waals surface area contributed by atoms with Crippen molar-refractivity contribution in [3.05, 3.63) is 11.6 Å². The minimum Gasteiger partial charge on any atom is -0.366 e. The van der Waals surface area contributed by atoms with Gasteiger partial charge < -0.3 is 14.5 Å². The summed E-state index contributed by atoms with van der Waals surface area (Å²) in [5.74, 6) is 1.18. The van der Waals surface area contributed by atoms with Crippen LogP contribution in [0.1, 0.15) is 30.6 Å². The van der Waals surface area contributed by atoms with Gasteiger partial charge in [0.15, 0.2) is 5.82 Å². The van der Waals surface area contributed by atoms with Crippen LogP contribution in [0.3, 0.4) is 0 Å². The fourth-order valence-corrected chi connectivity index (χ4v) is 2.92. The number of hydrogen-bond donors (Lipinski definition) is 1. The molecule has 0 unspecified atom stereocenters. The van der Waals surface area contributed by atoms with Crippen LogP contribution in [0.25, 0.3) is 0 Å². The Hall–Kier alpha value is -1.96. The van der Waals surface area contributed by atoms with Gasteiger partial charge in [-0.05, 0) is 13.3 Å². The van der Waals surface area contributed by atoms with Crippen molar-refractivity contribution >= 4 is 11.8 Å². The third-order valence-electron chi connectivity index (χ3n) is 4.29. The molecule has 2 aliphatic rings. The highest BCUT2D eigenvalue weighted by molar-refractivity contribution is 5.87. The molecule has 0 bridgehead atoms. The van der Waals surface area contributed by atoms with Crippen LogP contribution in [-0.4, -0.2) is 70.1 Å². The van der Waals surface area contributed by atoms with Crippen molar-refractivity contribution < 1.29 is 14.3 Å². The number of hydrogen-bond acceptors (Lipinski definition) is 5. The molecule has 1 aromatic heterocycles. The number of nitrogens with one attached hydrogen (secondary N) is 1. The number of aryl methyl sites for hydroxylation is 1. The van der Waals surface area contributed by atoms with E-state index in [-0.39, 0.29) is 23.8 Å². The first kappa shape index (κ1) is 15.0. The number of ether oxygens (including phenoxy) is 1. The molecule has 22 heavy (non-hydrogen) atoms. The first-order valence-corrected chi connectivity index (χ1v) is 7.58. The summed E-state index contributed by atoms with van der Waals surface area (Å²) in [4.78, 5) is 32.2. The smallest absolute Gasteiger partial charge is 0.226 e. The predicted molar refractivity (Wildman–Crippen MR) is 76.8 cm³/mol. The van der Waals surface area contributed by atoms with Crippen LogP contribution in [0.15, 0.2) is 0 Å². The van der Waals surface area contributed by atoms with Gasteiger partial charge in [-0.3, -0.25) is 14.7 Å². The summed E-state index contributed by atoms with van der Waals surface area (Å²) >= 11 is 0. The number of nitrogens with zero attached hydrogens (tertiary/aromatic N) is 4. The van der Waals surface area contributed by atoms with Crippen LogP contribution in [0.4, 0.5) is 0 Å². The lowest BCUT2D eigenvalue weighted by molar-refractivity contribution is -0.149. The Morgan fingerprint density at radius 1 is 1.41 bits per heavy atom. The van der Waals surface area contributed by atoms with Gasteiger partial charge in [0, 0.05) is 32.5 Å². The van der Waals surface area contributed by atoms with Gasteiger partial charge in [-0.15, -0.1) is 0 Å². The summed E-state index contributed by atoms with van der Waals surface area (Å²) in [5, 5.41) is 6.90. The largest absolute Gasteiger partial charge is 0.366 e. The van der Waals surface area contributed by atoms with Gasteiger partial charge in [-0.1, -0.05) is 0 Å². The first-order valence-electron chi connectivity index (χ1n) is 7.58. The van der Waals surface area contributed by atoms with Crippen molar-refractivity contribution in [2.24, 2.45) is 5.92 Å². The van der Waals surface area contributed by atoms with E-state index in [2.05, 4.69) is 15.2 Å². The lowest BCUT2D eigenvalue weighted by Gasteiger charge is -2.36. The van der Waals surface area contributed by atoms with Gasteiger partial charge in [-0.25, -0.2) is 4.98 Å². The van der Waals surface area contributed by atoms with Gasteiger partial charge in [0.05, 0.1) is 13.2 Å². The van der Waals surface area contributed by atoms with E-state index in [0.29, 0.717) is 38.5 Å². The maximum atomic E-state index is 12.6. The molecule has 2 saturated heterocycles. The van der Waals surface area contributed by atoms with Crippen LogP contribution in [0.5, 0.6) is 0 Å². The van der Waals surface area contributed by atoms with E-state index < -0.39 is 0 Å². The van der Waals surface area contributed by atoms with Crippen molar-refractivity contribution in [3.63, 3.8) is 0 Å². The Kier molecular flexibility index (Phi) is 4.10. The number of piperidine rings is 1. The molecular weight excluding hydrogens is 286 g/mol. The molecule has 8 nitrogen and oxygen atoms in total. The minimum absolute atomic E-state index is 0.0407. The molecule has 1 aromatic rings. The van der Waals surface area contributed by atoms with Gasteiger partial charge in [0.25, 0.3) is 0 Å². The number of likely N-dealkylation sites (tertiary alicyclic amines) is 1. The molecule has 2 fully saturated rings. The van der Waals surface area contributed by atoms with E-state index in [0.717, 1.165) is 12.2 Å². The fourth-order valence-electron chi connectivity index (χ4n) is 2.92. The normalized spacial score (nSPS) is 26.4. The topological polar surface area (TPSA) is 91.4 Å². The molecule has 3 heterocycles. The van der Waals surface area contributed by atoms with E-state index >= 15 is 0 Å². The van der Waals surface area contributed by atoms with Crippen molar-refractivity contribution in [3.8, 4) is 0 Å². The summed E-state index contributed by atoms with van der Waals surface area (Å²) in [6.07, 6.45) is 0.726. The van der Waals surface area contributed by atoms with Crippen molar-refractivity contribution in [2.45, 2.75) is 25.9 Å². The summed E-state index contributed by atoms with van der Waals surface area (Å²) < 4.78 is 5.67. The first-order chi connectivity index (χ1) is 10.5. The van der Waals surface area contributed by atoms with Crippen LogP contribution >= 0.6 is 0 Å². The molecule has 0 saturated carbocycles. The molecule has 0 radical (unpaired) electrons. The van der Waals surface area contributed by atoms with Crippen molar-refractivity contribution in [2.75, 3.05) is 33.3 Å². The second kappa shape index (κ2) is 6.04. The van der Waals surface area contributed by atoms with Gasteiger partial charge in [-0.2, -0.15) is 5.10 Å². The van der Waals surface area contributed by atoms with Gasteiger partial charge >= 0.3 is 0 Å². The molecule has 1 N–H and O–H groups in total. The monoisotopic (exact) mass is 307 g/mol. The summed E-state index contributed by atoms with van der Waals surface area (Å²) in [6.45, 7) is 3.93. The molecule has 120 valence electrons. The molecule has 2 aliphatic heterocycles. The summed E-state index contributed by atoms with van der Waals surface area (Å²) in [7, 11) is 1.78. The van der Waals surface area contributed by atoms with Crippen LogP contribution in [-0.2, 0) is 14.3 Å². The quantitative estimate of drug-likeness (QED) is 0.822. The molecule has 2 amide bonds. The maximum absolute atomic E-state index is 12.6. The average molecular weight is 307 g/mol. The zero-order valence-electron chi connectivity index (χ0n) is 12.9. The van der Waals surface area contributed by atoms with Gasteiger partial charge in [0.1, 0.15) is 11.9 Å². The summed E-state index contributed by atoms with van der Waals surface area (Å²) in [5.41, 5.74) is 0. The number of carbonyl (C=O) groups excluding carboxylic acids is 2. The third-order valence-corrected chi connectivity index (χ3v) is 4.29. The Morgan fingerprint density at radius 3 is 2.91 bits per heavy atom. The third kappa shape index (κ3) is 2.96. The van der Waals surface area contributed by atoms with Crippen molar-refractivity contribution in [1.82, 2.24) is 25.0 Å². The molecule has 0 aromatic carbocycles. The van der Waals surface area contributed by atoms with E-state index in [1.807, 2.05) is 6.92 Å². The van der Waals surface area contributed by atoms with Crippen LogP contribution in [0.2, 0.25) is 0 Å². The summed E-state index contributed by atoms with van der Waals surface area (Å²) in [6, 6.07) is 0. The number of morpholine rings is 1. The Labute approximate surface area is 128 Å². The molecule has 2 atom stereocenters. The number of H-pyrrole nitrogens is 1. The Morgan fingerprint density at radius 2 is 2.23 bits per heavy atom. The van der Waals surface area contributed by atoms with E-state index in [9.17, 15) is 9.59 Å². The second-order valence-electron chi connectivity index (χ2n) is 5.93. The minimum atomic E-state index is -0.301. The predicted octanol–water partition coefficient (Wildman–Crippen LogP) is -0.119. The standard InChI is InChI=1S/C14H21N5O3/c1-9-15-13(17-16-9)11-8-19(5-6-22-11)14(21)10-3-4-18(2)12(20)7-10/h10-11H,3-8H2,1-2H3,(H,15,16,17)/t10-,11+/m0/s1. The highest BCUT2D eigenvalue weighted by Gasteiger charge is 2.35. The number of amides is 2. The molecular formula is C14H21N5O3. The zero-order chi connectivity index (χ0) is 15.7. The molecule has 0 aliphatic carbocycles. The highest BCUT2D eigenvalue weighted by atomic mass is 16.5. The van der Waals surface area contributed by atoms with E-state index in [1.54, 1.807) is 16.8 Å². The highest BCUT2D eigenvalue weighted by Crippen LogP contribution is 2.24. The van der Waals surface area contributed by atoms with E-state index in [1.165, 1.54) is 0 Å². The van der Waals surface area contributed by atoms with Crippen LogP contribution < -0.4 is 0 Å². The molecule has 0 spiro atoms. The number of rotatable bonds is 2. The SMILES string of the molecule is Cc1nc([C@H]2CN(C(=O)[C@H]3CCN(C)C(=O)C3)CCO2)n[nH]1. The lowest BCUT2D eigenvalue weighted by atomic mass is 9.94. The zero-order valence-corrected chi connectivity index (χ0v) is 12.9. The van der Waals surface area contributed by atoms with E-state index in [4.69, 9.17) is 4.74 Å². The number of carbonyl (C=O) groups is 2. The Balaban J connectivity index is 1.64. The second-order valence-corrected chi connectivity index (χ2v) is 5.93. The fraction of sp³-hybridized carbons (Fsp3) is 0.714. The number of aromatic nitrogens is 3. The molecule has 8 heteroatoms.